The molecule has 3 aromatic rings. The second kappa shape index (κ2) is 10.3. The lowest BCUT2D eigenvalue weighted by atomic mass is 10.1. The van der Waals surface area contributed by atoms with Crippen molar-refractivity contribution < 1.29 is 14.2 Å². The molecule has 2 aromatic heterocycles. The molecule has 2 heterocycles. The minimum atomic E-state index is 0.642. The van der Waals surface area contributed by atoms with Gasteiger partial charge in [0, 0.05) is 43.6 Å². The van der Waals surface area contributed by atoms with E-state index in [2.05, 4.69) is 36.1 Å². The number of nitrogens with one attached hydrogen (secondary N) is 1. The van der Waals surface area contributed by atoms with Crippen molar-refractivity contribution >= 4 is 23.0 Å². The molecule has 168 valence electrons. The van der Waals surface area contributed by atoms with Crippen LogP contribution in [0.2, 0.25) is 0 Å². The standard InChI is InChI=1S/C23H33N5O3/c1-7-11-27(12-13-29-4)23-16(3)22(26-21-9-10-24-28(21)23)25-18-15-20(31-6)19(30-5)14-17(18)8-2/h9-10,14-15H,7-8,11-13H2,1-6H3,(H,25,26). The second-order valence-electron chi connectivity index (χ2n) is 7.33. The fourth-order valence-corrected chi connectivity index (χ4v) is 3.75. The molecule has 1 N–H and O–H groups in total. The molecular weight excluding hydrogens is 394 g/mol. The second-order valence-corrected chi connectivity index (χ2v) is 7.33. The van der Waals surface area contributed by atoms with E-state index in [1.807, 2.05) is 22.7 Å². The third-order valence-corrected chi connectivity index (χ3v) is 5.34. The molecule has 0 spiro atoms. The predicted molar refractivity (Wildman–Crippen MR) is 124 cm³/mol. The number of methoxy groups -OCH3 is 3. The molecule has 0 atom stereocenters. The number of nitrogens with zero attached hydrogens (tertiary/aromatic N) is 4. The average Bonchev–Trinajstić information content (AvgIpc) is 3.25. The van der Waals surface area contributed by atoms with Crippen molar-refractivity contribution in [2.45, 2.75) is 33.6 Å². The van der Waals surface area contributed by atoms with Gasteiger partial charge < -0.3 is 24.4 Å². The third kappa shape index (κ3) is 4.69. The van der Waals surface area contributed by atoms with Crippen LogP contribution in [0.25, 0.3) is 5.65 Å². The van der Waals surface area contributed by atoms with Crippen molar-refractivity contribution in [3.05, 3.63) is 35.5 Å². The minimum Gasteiger partial charge on any atom is -0.493 e. The van der Waals surface area contributed by atoms with Gasteiger partial charge in [0.1, 0.15) is 11.6 Å². The average molecular weight is 428 g/mol. The van der Waals surface area contributed by atoms with E-state index in [9.17, 15) is 0 Å². The summed E-state index contributed by atoms with van der Waals surface area (Å²) in [5.74, 6) is 3.21. The summed E-state index contributed by atoms with van der Waals surface area (Å²) in [7, 11) is 5.02. The normalized spacial score (nSPS) is 11.0. The Hall–Kier alpha value is -3.00. The lowest BCUT2D eigenvalue weighted by molar-refractivity contribution is 0.205. The molecule has 0 aliphatic rings. The maximum absolute atomic E-state index is 5.52. The van der Waals surface area contributed by atoms with Gasteiger partial charge in [0.05, 0.1) is 27.0 Å². The van der Waals surface area contributed by atoms with Gasteiger partial charge >= 0.3 is 0 Å². The Kier molecular flexibility index (Phi) is 7.57. The molecule has 1 aromatic carbocycles. The van der Waals surface area contributed by atoms with Gasteiger partial charge in [0.25, 0.3) is 0 Å². The quantitative estimate of drug-likeness (QED) is 0.491. The molecule has 0 amide bonds. The molecule has 0 fully saturated rings. The van der Waals surface area contributed by atoms with Crippen LogP contribution in [0.5, 0.6) is 11.5 Å². The van der Waals surface area contributed by atoms with Crippen LogP contribution >= 0.6 is 0 Å². The zero-order chi connectivity index (χ0) is 22.4. The van der Waals surface area contributed by atoms with Crippen molar-refractivity contribution in [2.75, 3.05) is 51.2 Å². The number of fused-ring (bicyclic) bond motifs is 1. The number of ether oxygens (including phenoxy) is 3. The monoisotopic (exact) mass is 427 g/mol. The maximum atomic E-state index is 5.52. The number of aromatic nitrogens is 3. The van der Waals surface area contributed by atoms with E-state index in [1.165, 1.54) is 0 Å². The summed E-state index contributed by atoms with van der Waals surface area (Å²) in [6.07, 6.45) is 3.65. The Morgan fingerprint density at radius 2 is 1.81 bits per heavy atom. The zero-order valence-corrected chi connectivity index (χ0v) is 19.4. The first kappa shape index (κ1) is 22.7. The highest BCUT2D eigenvalue weighted by atomic mass is 16.5. The van der Waals surface area contributed by atoms with Gasteiger partial charge in [0.15, 0.2) is 17.1 Å². The molecule has 0 aliphatic heterocycles. The summed E-state index contributed by atoms with van der Waals surface area (Å²) < 4.78 is 18.2. The van der Waals surface area contributed by atoms with Crippen molar-refractivity contribution in [3.8, 4) is 11.5 Å². The molecule has 0 unspecified atom stereocenters. The van der Waals surface area contributed by atoms with Gasteiger partial charge in [0.2, 0.25) is 0 Å². The van der Waals surface area contributed by atoms with Gasteiger partial charge in [-0.2, -0.15) is 9.61 Å². The van der Waals surface area contributed by atoms with E-state index in [1.54, 1.807) is 27.5 Å². The smallest absolute Gasteiger partial charge is 0.162 e. The van der Waals surface area contributed by atoms with Gasteiger partial charge in [-0.15, -0.1) is 0 Å². The maximum Gasteiger partial charge on any atom is 0.162 e. The van der Waals surface area contributed by atoms with Gasteiger partial charge in [-0.1, -0.05) is 13.8 Å². The number of rotatable bonds is 11. The van der Waals surface area contributed by atoms with Crippen LogP contribution in [0.1, 0.15) is 31.4 Å². The molecule has 0 aliphatic carbocycles. The summed E-state index contributed by atoms with van der Waals surface area (Å²) >= 11 is 0. The van der Waals surface area contributed by atoms with Crippen molar-refractivity contribution in [3.63, 3.8) is 0 Å². The summed E-state index contributed by atoms with van der Waals surface area (Å²) in [4.78, 5) is 7.15. The van der Waals surface area contributed by atoms with E-state index in [-0.39, 0.29) is 0 Å². The summed E-state index contributed by atoms with van der Waals surface area (Å²) in [6, 6.07) is 5.90. The lowest BCUT2D eigenvalue weighted by Crippen LogP contribution is -2.31. The summed E-state index contributed by atoms with van der Waals surface area (Å²) in [5.41, 5.74) is 3.89. The van der Waals surface area contributed by atoms with E-state index in [4.69, 9.17) is 19.2 Å². The van der Waals surface area contributed by atoms with Crippen LogP contribution in [0.4, 0.5) is 17.3 Å². The summed E-state index contributed by atoms with van der Waals surface area (Å²) in [5, 5.41) is 8.08. The molecule has 0 saturated heterocycles. The molecule has 8 nitrogen and oxygen atoms in total. The molecule has 0 saturated carbocycles. The van der Waals surface area contributed by atoms with E-state index >= 15 is 0 Å². The van der Waals surface area contributed by atoms with Crippen molar-refractivity contribution in [1.82, 2.24) is 14.6 Å². The van der Waals surface area contributed by atoms with Gasteiger partial charge in [-0.3, -0.25) is 0 Å². The molecule has 31 heavy (non-hydrogen) atoms. The van der Waals surface area contributed by atoms with Crippen LogP contribution in [-0.2, 0) is 11.2 Å². The van der Waals surface area contributed by atoms with Crippen molar-refractivity contribution in [1.29, 1.82) is 0 Å². The Balaban J connectivity index is 2.11. The fourth-order valence-electron chi connectivity index (χ4n) is 3.75. The zero-order valence-electron chi connectivity index (χ0n) is 19.4. The summed E-state index contributed by atoms with van der Waals surface area (Å²) in [6.45, 7) is 8.69. The highest BCUT2D eigenvalue weighted by molar-refractivity contribution is 5.72. The number of hydrogen-bond donors (Lipinski definition) is 1. The predicted octanol–water partition coefficient (Wildman–Crippen LogP) is 4.22. The molecule has 8 heteroatoms. The third-order valence-electron chi connectivity index (χ3n) is 5.34. The first-order valence-corrected chi connectivity index (χ1v) is 10.7. The Morgan fingerprint density at radius 3 is 2.45 bits per heavy atom. The highest BCUT2D eigenvalue weighted by Crippen LogP contribution is 2.36. The number of aryl methyl sites for hydroxylation is 1. The fraction of sp³-hybridized carbons (Fsp3) is 0.478. The largest absolute Gasteiger partial charge is 0.493 e. The van der Waals surface area contributed by atoms with E-state index < -0.39 is 0 Å². The molecule has 3 rings (SSSR count). The van der Waals surface area contributed by atoms with Crippen LogP contribution < -0.4 is 19.7 Å². The Labute approximate surface area is 184 Å². The number of benzene rings is 1. The Bertz CT molecular complexity index is 1020. The Morgan fingerprint density at radius 1 is 1.06 bits per heavy atom. The van der Waals surface area contributed by atoms with Crippen LogP contribution in [0.15, 0.2) is 24.4 Å². The SMILES string of the molecule is CCCN(CCOC)c1c(C)c(Nc2cc(OC)c(OC)cc2CC)nc2ccnn12. The van der Waals surface area contributed by atoms with E-state index in [0.717, 1.165) is 65.8 Å². The molecule has 0 radical (unpaired) electrons. The topological polar surface area (TPSA) is 73.2 Å². The first-order valence-electron chi connectivity index (χ1n) is 10.7. The lowest BCUT2D eigenvalue weighted by Gasteiger charge is -2.27. The molecular formula is C23H33N5O3. The number of anilines is 3. The van der Waals surface area contributed by atoms with Crippen LogP contribution in [0.3, 0.4) is 0 Å². The van der Waals surface area contributed by atoms with E-state index in [0.29, 0.717) is 12.4 Å². The van der Waals surface area contributed by atoms with Crippen LogP contribution in [-0.4, -0.2) is 55.6 Å². The first-order chi connectivity index (χ1) is 15.1. The molecule has 0 bridgehead atoms. The van der Waals surface area contributed by atoms with Crippen molar-refractivity contribution in [2.24, 2.45) is 0 Å². The minimum absolute atomic E-state index is 0.642. The van der Waals surface area contributed by atoms with Crippen LogP contribution in [0, 0.1) is 6.92 Å². The highest BCUT2D eigenvalue weighted by Gasteiger charge is 2.19. The van der Waals surface area contributed by atoms with Gasteiger partial charge in [-0.25, -0.2) is 4.98 Å². The number of hydrogen-bond acceptors (Lipinski definition) is 7. The van der Waals surface area contributed by atoms with Gasteiger partial charge in [-0.05, 0) is 31.4 Å².